The molecule has 1 aromatic heterocycles. The first-order valence-electron chi connectivity index (χ1n) is 6.01. The highest BCUT2D eigenvalue weighted by Gasteiger charge is 2.32. The number of hydrogen-bond acceptors (Lipinski definition) is 6. The van der Waals surface area contributed by atoms with Crippen LogP contribution in [0.4, 0.5) is 0 Å². The van der Waals surface area contributed by atoms with E-state index in [1.54, 1.807) is 0 Å². The first kappa shape index (κ1) is 13.4. The van der Waals surface area contributed by atoms with Gasteiger partial charge in [0.25, 0.3) is 0 Å². The quantitative estimate of drug-likeness (QED) is 0.797. The van der Waals surface area contributed by atoms with Gasteiger partial charge in [0.2, 0.25) is 10.0 Å². The highest BCUT2D eigenvalue weighted by atomic mass is 32.2. The molecule has 1 atom stereocenters. The molecule has 1 aliphatic heterocycles. The molecule has 0 radical (unpaired) electrons. The van der Waals surface area contributed by atoms with E-state index in [1.165, 1.54) is 7.05 Å². The van der Waals surface area contributed by atoms with E-state index < -0.39 is 10.0 Å². The first-order chi connectivity index (χ1) is 8.56. The molecule has 0 bridgehead atoms. The summed E-state index contributed by atoms with van der Waals surface area (Å²) in [5.74, 6) is 0. The van der Waals surface area contributed by atoms with Gasteiger partial charge in [-0.3, -0.25) is 4.90 Å². The molecule has 0 unspecified atom stereocenters. The Bertz CT molecular complexity index is 499. The third-order valence-corrected chi connectivity index (χ3v) is 5.13. The van der Waals surface area contributed by atoms with Gasteiger partial charge in [0.1, 0.15) is 11.4 Å². The molecule has 1 fully saturated rings. The van der Waals surface area contributed by atoms with Crippen molar-refractivity contribution in [3.8, 4) is 0 Å². The van der Waals surface area contributed by atoms with Crippen molar-refractivity contribution in [2.45, 2.75) is 31.6 Å². The molecule has 18 heavy (non-hydrogen) atoms. The molecule has 1 saturated heterocycles. The van der Waals surface area contributed by atoms with E-state index in [9.17, 15) is 8.42 Å². The third-order valence-electron chi connectivity index (χ3n) is 3.30. The predicted molar refractivity (Wildman–Crippen MR) is 65.3 cm³/mol. The number of rotatable bonds is 5. The number of nitrogens with zero attached hydrogens (tertiary/aromatic N) is 3. The smallest absolute Gasteiger partial charge is 0.215 e. The van der Waals surface area contributed by atoms with E-state index in [1.807, 2.05) is 6.92 Å². The van der Waals surface area contributed by atoms with Crippen LogP contribution in [0, 0.1) is 0 Å². The number of nitrogens with one attached hydrogen (secondary N) is 1. The van der Waals surface area contributed by atoms with Gasteiger partial charge in [0.15, 0.2) is 0 Å². The minimum Gasteiger partial charge on any atom is -0.296 e. The van der Waals surface area contributed by atoms with Crippen molar-refractivity contribution < 1.29 is 13.0 Å². The summed E-state index contributed by atoms with van der Waals surface area (Å²) in [7, 11) is -1.72. The Labute approximate surface area is 107 Å². The maximum atomic E-state index is 11.7. The van der Waals surface area contributed by atoms with Crippen LogP contribution in [0.5, 0.6) is 0 Å². The van der Waals surface area contributed by atoms with Crippen LogP contribution in [0.1, 0.15) is 24.7 Å². The Morgan fingerprint density at radius 2 is 2.17 bits per heavy atom. The molecule has 0 aliphatic carbocycles. The summed E-state index contributed by atoms with van der Waals surface area (Å²) in [6.45, 7) is 3.87. The molecule has 0 aromatic carbocycles. The standard InChI is InChI=1S/C10H18N4O3S/c1-3-9-10(13-17-12-9)7-14-5-4-8(6-14)18(15,16)11-2/h8,11H,3-7H2,1-2H3/t8-/m0/s1. The van der Waals surface area contributed by atoms with Crippen LogP contribution in [0.15, 0.2) is 4.63 Å². The van der Waals surface area contributed by atoms with Crippen molar-refractivity contribution in [1.82, 2.24) is 19.9 Å². The number of likely N-dealkylation sites (tertiary alicyclic amines) is 1. The summed E-state index contributed by atoms with van der Waals surface area (Å²) in [6, 6.07) is 0. The molecular weight excluding hydrogens is 256 g/mol. The SMILES string of the molecule is CCc1nonc1CN1CC[C@H](S(=O)(=O)NC)C1. The van der Waals surface area contributed by atoms with Crippen molar-refractivity contribution in [2.75, 3.05) is 20.1 Å². The van der Waals surface area contributed by atoms with Crippen LogP contribution in [0.25, 0.3) is 0 Å². The third kappa shape index (κ3) is 2.70. The lowest BCUT2D eigenvalue weighted by molar-refractivity contribution is 0.283. The fraction of sp³-hybridized carbons (Fsp3) is 0.800. The van der Waals surface area contributed by atoms with Crippen LogP contribution in [0.2, 0.25) is 0 Å². The molecule has 0 spiro atoms. The van der Waals surface area contributed by atoms with Crippen LogP contribution in [-0.2, 0) is 23.0 Å². The number of aryl methyl sites for hydroxylation is 1. The summed E-state index contributed by atoms with van der Waals surface area (Å²) in [6.07, 6.45) is 1.42. The van der Waals surface area contributed by atoms with Crippen LogP contribution < -0.4 is 4.72 Å². The average Bonchev–Trinajstić information content (AvgIpc) is 2.98. The Hall–Kier alpha value is -0.990. The summed E-state index contributed by atoms with van der Waals surface area (Å²) in [5, 5.41) is 7.34. The molecule has 2 heterocycles. The van der Waals surface area contributed by atoms with Crippen LogP contribution >= 0.6 is 0 Å². The van der Waals surface area contributed by atoms with Gasteiger partial charge in [-0.2, -0.15) is 0 Å². The van der Waals surface area contributed by atoms with Gasteiger partial charge in [-0.15, -0.1) is 0 Å². The topological polar surface area (TPSA) is 88.3 Å². The van der Waals surface area contributed by atoms with E-state index in [-0.39, 0.29) is 5.25 Å². The van der Waals surface area contributed by atoms with Crippen LogP contribution in [-0.4, -0.2) is 49.0 Å². The molecule has 1 aromatic rings. The lowest BCUT2D eigenvalue weighted by Crippen LogP contribution is -2.34. The molecular formula is C10H18N4O3S. The van der Waals surface area contributed by atoms with E-state index in [0.717, 1.165) is 24.4 Å². The second kappa shape index (κ2) is 5.33. The lowest BCUT2D eigenvalue weighted by atomic mass is 10.2. The van der Waals surface area contributed by atoms with Gasteiger partial charge in [-0.25, -0.2) is 17.8 Å². The second-order valence-corrected chi connectivity index (χ2v) is 6.57. The van der Waals surface area contributed by atoms with Crippen molar-refractivity contribution in [2.24, 2.45) is 0 Å². The second-order valence-electron chi connectivity index (χ2n) is 4.41. The van der Waals surface area contributed by atoms with Gasteiger partial charge in [-0.1, -0.05) is 17.2 Å². The van der Waals surface area contributed by atoms with Crippen molar-refractivity contribution in [3.63, 3.8) is 0 Å². The van der Waals surface area contributed by atoms with Crippen LogP contribution in [0.3, 0.4) is 0 Å². The zero-order valence-corrected chi connectivity index (χ0v) is 11.4. The maximum absolute atomic E-state index is 11.7. The number of sulfonamides is 1. The molecule has 1 N–H and O–H groups in total. The zero-order valence-electron chi connectivity index (χ0n) is 10.6. The molecule has 8 heteroatoms. The maximum Gasteiger partial charge on any atom is 0.215 e. The van der Waals surface area contributed by atoms with E-state index in [2.05, 4.69) is 19.9 Å². The zero-order chi connectivity index (χ0) is 13.2. The fourth-order valence-corrected chi connectivity index (χ4v) is 3.34. The van der Waals surface area contributed by atoms with Gasteiger partial charge in [0.05, 0.1) is 5.25 Å². The predicted octanol–water partition coefficient (Wildman–Crippen LogP) is -0.244. The molecule has 1 aliphatic rings. The Morgan fingerprint density at radius 3 is 2.83 bits per heavy atom. The lowest BCUT2D eigenvalue weighted by Gasteiger charge is -2.14. The summed E-state index contributed by atoms with van der Waals surface area (Å²) >= 11 is 0. The van der Waals surface area contributed by atoms with Crippen molar-refractivity contribution >= 4 is 10.0 Å². The normalized spacial score (nSPS) is 21.6. The first-order valence-corrected chi connectivity index (χ1v) is 7.56. The minimum absolute atomic E-state index is 0.340. The molecule has 0 amide bonds. The monoisotopic (exact) mass is 274 g/mol. The molecule has 2 rings (SSSR count). The number of hydrogen-bond donors (Lipinski definition) is 1. The van der Waals surface area contributed by atoms with E-state index in [0.29, 0.717) is 19.5 Å². The Balaban J connectivity index is 1.98. The fourth-order valence-electron chi connectivity index (χ4n) is 2.19. The number of aromatic nitrogens is 2. The largest absolute Gasteiger partial charge is 0.296 e. The molecule has 0 saturated carbocycles. The highest BCUT2D eigenvalue weighted by Crippen LogP contribution is 2.18. The minimum atomic E-state index is -3.18. The van der Waals surface area contributed by atoms with Gasteiger partial charge in [0, 0.05) is 13.1 Å². The molecule has 7 nitrogen and oxygen atoms in total. The van der Waals surface area contributed by atoms with Gasteiger partial charge >= 0.3 is 0 Å². The summed E-state index contributed by atoms with van der Waals surface area (Å²) < 4.78 is 30.5. The van der Waals surface area contributed by atoms with Crippen molar-refractivity contribution in [3.05, 3.63) is 11.4 Å². The average molecular weight is 274 g/mol. The van der Waals surface area contributed by atoms with Gasteiger partial charge < -0.3 is 0 Å². The van der Waals surface area contributed by atoms with E-state index in [4.69, 9.17) is 4.63 Å². The van der Waals surface area contributed by atoms with Crippen molar-refractivity contribution in [1.29, 1.82) is 0 Å². The molecule has 102 valence electrons. The van der Waals surface area contributed by atoms with E-state index >= 15 is 0 Å². The highest BCUT2D eigenvalue weighted by molar-refractivity contribution is 7.90. The van der Waals surface area contributed by atoms with Gasteiger partial charge in [-0.05, 0) is 26.4 Å². The Morgan fingerprint density at radius 1 is 1.44 bits per heavy atom. The summed E-state index contributed by atoms with van der Waals surface area (Å²) in [4.78, 5) is 2.07. The summed E-state index contributed by atoms with van der Waals surface area (Å²) in [5.41, 5.74) is 1.65. The Kier molecular flexibility index (Phi) is 3.98.